The maximum absolute atomic E-state index is 12.7. The number of hydrogen-bond donors (Lipinski definition) is 2. The third kappa shape index (κ3) is 5.14. The summed E-state index contributed by atoms with van der Waals surface area (Å²) in [7, 11) is -3.80. The van der Waals surface area contributed by atoms with Crippen LogP contribution in [0, 0.1) is 0 Å². The fourth-order valence-electron chi connectivity index (χ4n) is 2.57. The number of sulfonamides is 1. The zero-order chi connectivity index (χ0) is 19.2. The summed E-state index contributed by atoms with van der Waals surface area (Å²) in [5.41, 5.74) is 1.00. The molecule has 26 heavy (non-hydrogen) atoms. The van der Waals surface area contributed by atoms with Crippen LogP contribution < -0.4 is 9.46 Å². The average Bonchev–Trinajstić information content (AvgIpc) is 2.60. The second kappa shape index (κ2) is 8.94. The lowest BCUT2D eigenvalue weighted by atomic mass is 10.0. The van der Waals surface area contributed by atoms with E-state index in [9.17, 15) is 13.5 Å². The summed E-state index contributed by atoms with van der Waals surface area (Å²) in [6.07, 6.45) is 3.20. The van der Waals surface area contributed by atoms with Crippen molar-refractivity contribution in [2.45, 2.75) is 50.8 Å². The number of rotatable bonds is 9. The van der Waals surface area contributed by atoms with Gasteiger partial charge in [0.2, 0.25) is 0 Å². The molecule has 2 N–H and O–H groups in total. The molecular formula is C20H27NO4S. The second-order valence-corrected chi connectivity index (χ2v) is 8.21. The van der Waals surface area contributed by atoms with Crippen molar-refractivity contribution in [1.29, 1.82) is 0 Å². The minimum atomic E-state index is -3.80. The molecule has 6 heteroatoms. The van der Waals surface area contributed by atoms with Gasteiger partial charge in [0.1, 0.15) is 11.5 Å². The third-order valence-corrected chi connectivity index (χ3v) is 5.43. The number of unbranched alkanes of at least 4 members (excludes halogenated alkanes) is 2. The lowest BCUT2D eigenvalue weighted by Gasteiger charge is -2.16. The Bertz CT molecular complexity index is 831. The molecule has 0 aliphatic heterocycles. The maximum Gasteiger partial charge on any atom is 0.262 e. The van der Waals surface area contributed by atoms with Gasteiger partial charge in [0, 0.05) is 0 Å². The predicted molar refractivity (Wildman–Crippen MR) is 104 cm³/mol. The van der Waals surface area contributed by atoms with Gasteiger partial charge >= 0.3 is 0 Å². The van der Waals surface area contributed by atoms with Crippen LogP contribution in [0.2, 0.25) is 0 Å². The molecule has 2 aromatic rings. The molecule has 0 unspecified atom stereocenters. The zero-order valence-electron chi connectivity index (χ0n) is 15.5. The van der Waals surface area contributed by atoms with E-state index in [1.807, 2.05) is 13.8 Å². The summed E-state index contributed by atoms with van der Waals surface area (Å²) >= 11 is 0. The van der Waals surface area contributed by atoms with Gasteiger partial charge in [-0.25, -0.2) is 8.42 Å². The molecule has 0 bridgehead atoms. The van der Waals surface area contributed by atoms with Crippen molar-refractivity contribution in [1.82, 2.24) is 0 Å². The van der Waals surface area contributed by atoms with E-state index in [1.165, 1.54) is 18.2 Å². The number of benzene rings is 2. The Labute approximate surface area is 156 Å². The summed E-state index contributed by atoms with van der Waals surface area (Å²) in [4.78, 5) is 0.144. The highest BCUT2D eigenvalue weighted by Crippen LogP contribution is 2.31. The van der Waals surface area contributed by atoms with Crippen LogP contribution in [0.25, 0.3) is 0 Å². The third-order valence-electron chi connectivity index (χ3n) is 4.07. The molecule has 2 rings (SSSR count). The highest BCUT2D eigenvalue weighted by atomic mass is 32.2. The van der Waals surface area contributed by atoms with Crippen LogP contribution in [0.5, 0.6) is 11.5 Å². The Morgan fingerprint density at radius 2 is 1.85 bits per heavy atom. The minimum Gasteiger partial charge on any atom is -0.506 e. The van der Waals surface area contributed by atoms with Crippen molar-refractivity contribution in [2.24, 2.45) is 0 Å². The van der Waals surface area contributed by atoms with Gasteiger partial charge in [-0.3, -0.25) is 4.72 Å². The van der Waals surface area contributed by atoms with E-state index < -0.39 is 10.0 Å². The molecule has 142 valence electrons. The van der Waals surface area contributed by atoms with E-state index in [1.54, 1.807) is 24.3 Å². The Balaban J connectivity index is 2.26. The van der Waals surface area contributed by atoms with E-state index >= 15 is 0 Å². The van der Waals surface area contributed by atoms with Crippen molar-refractivity contribution < 1.29 is 18.3 Å². The van der Waals surface area contributed by atoms with Gasteiger partial charge in [0.05, 0.1) is 17.2 Å². The van der Waals surface area contributed by atoms with Crippen LogP contribution in [0.3, 0.4) is 0 Å². The molecule has 0 fully saturated rings. The van der Waals surface area contributed by atoms with E-state index in [0.717, 1.165) is 30.6 Å². The fraction of sp³-hybridized carbons (Fsp3) is 0.400. The van der Waals surface area contributed by atoms with Crippen molar-refractivity contribution in [3.05, 3.63) is 48.0 Å². The molecular weight excluding hydrogens is 350 g/mol. The van der Waals surface area contributed by atoms with Crippen LogP contribution in [0.15, 0.2) is 47.4 Å². The number of aromatic hydroxyl groups is 1. The van der Waals surface area contributed by atoms with Gasteiger partial charge in [-0.1, -0.05) is 45.7 Å². The Morgan fingerprint density at radius 3 is 2.50 bits per heavy atom. The molecule has 0 aliphatic carbocycles. The quantitative estimate of drug-likeness (QED) is 0.482. The number of anilines is 1. The molecule has 0 aliphatic rings. The Morgan fingerprint density at radius 1 is 1.12 bits per heavy atom. The predicted octanol–water partition coefficient (Wildman–Crippen LogP) is 4.89. The Hall–Kier alpha value is -2.21. The van der Waals surface area contributed by atoms with Crippen LogP contribution in [0.4, 0.5) is 5.69 Å². The molecule has 0 amide bonds. The van der Waals surface area contributed by atoms with Gasteiger partial charge in [-0.2, -0.15) is 0 Å². The normalized spacial score (nSPS) is 11.5. The van der Waals surface area contributed by atoms with Crippen molar-refractivity contribution in [3.8, 4) is 11.5 Å². The van der Waals surface area contributed by atoms with Crippen LogP contribution in [-0.4, -0.2) is 20.1 Å². The average molecular weight is 378 g/mol. The smallest absolute Gasteiger partial charge is 0.262 e. The molecule has 0 saturated carbocycles. The first kappa shape index (κ1) is 20.1. The lowest BCUT2D eigenvalue weighted by Crippen LogP contribution is -2.14. The van der Waals surface area contributed by atoms with E-state index in [-0.39, 0.29) is 22.3 Å². The van der Waals surface area contributed by atoms with Gasteiger partial charge in [0.25, 0.3) is 10.0 Å². The molecule has 0 saturated heterocycles. The SMILES string of the molecule is CCCCCOc1ccc(S(=O)(=O)Nc2ccccc2O)cc1C(C)C. The maximum atomic E-state index is 12.7. The molecule has 0 radical (unpaired) electrons. The summed E-state index contributed by atoms with van der Waals surface area (Å²) < 4.78 is 33.6. The number of phenolic OH excluding ortho intramolecular Hbond substituents is 1. The molecule has 0 atom stereocenters. The molecule has 0 spiro atoms. The highest BCUT2D eigenvalue weighted by Gasteiger charge is 2.19. The number of ether oxygens (including phenoxy) is 1. The number of phenols is 1. The van der Waals surface area contributed by atoms with Crippen LogP contribution in [-0.2, 0) is 10.0 Å². The monoisotopic (exact) mass is 377 g/mol. The number of nitrogens with one attached hydrogen (secondary N) is 1. The Kier molecular flexibility index (Phi) is 6.91. The van der Waals surface area contributed by atoms with Crippen LogP contribution >= 0.6 is 0 Å². The second-order valence-electron chi connectivity index (χ2n) is 6.53. The molecule has 0 heterocycles. The summed E-state index contributed by atoms with van der Waals surface area (Å²) in [6, 6.07) is 11.1. The number of para-hydroxylation sites is 2. The first-order valence-electron chi connectivity index (χ1n) is 8.92. The lowest BCUT2D eigenvalue weighted by molar-refractivity contribution is 0.302. The minimum absolute atomic E-state index is 0.115. The summed E-state index contributed by atoms with van der Waals surface area (Å²) in [6.45, 7) is 6.76. The summed E-state index contributed by atoms with van der Waals surface area (Å²) in [5.74, 6) is 0.727. The van der Waals surface area contributed by atoms with Gasteiger partial charge in [0.15, 0.2) is 0 Å². The first-order valence-corrected chi connectivity index (χ1v) is 10.4. The topological polar surface area (TPSA) is 75.6 Å². The largest absolute Gasteiger partial charge is 0.506 e. The zero-order valence-corrected chi connectivity index (χ0v) is 16.3. The standard InChI is InChI=1S/C20H27NO4S/c1-4-5-8-13-25-20-12-11-16(14-17(20)15(2)3)26(23,24)21-18-9-6-7-10-19(18)22/h6-7,9-12,14-15,21-22H,4-5,8,13H2,1-3H3. The fourth-order valence-corrected chi connectivity index (χ4v) is 3.68. The van der Waals surface area contributed by atoms with Gasteiger partial charge in [-0.05, 0) is 48.2 Å². The highest BCUT2D eigenvalue weighted by molar-refractivity contribution is 7.92. The summed E-state index contributed by atoms with van der Waals surface area (Å²) in [5, 5.41) is 9.80. The van der Waals surface area contributed by atoms with Crippen molar-refractivity contribution in [2.75, 3.05) is 11.3 Å². The van der Waals surface area contributed by atoms with E-state index in [4.69, 9.17) is 4.74 Å². The van der Waals surface area contributed by atoms with E-state index in [0.29, 0.717) is 6.61 Å². The van der Waals surface area contributed by atoms with Gasteiger partial charge in [-0.15, -0.1) is 0 Å². The number of hydrogen-bond acceptors (Lipinski definition) is 4. The van der Waals surface area contributed by atoms with Crippen molar-refractivity contribution in [3.63, 3.8) is 0 Å². The van der Waals surface area contributed by atoms with E-state index in [2.05, 4.69) is 11.6 Å². The molecule has 0 aromatic heterocycles. The molecule has 5 nitrogen and oxygen atoms in total. The van der Waals surface area contributed by atoms with Gasteiger partial charge < -0.3 is 9.84 Å². The van der Waals surface area contributed by atoms with Crippen LogP contribution in [0.1, 0.15) is 51.5 Å². The molecule has 2 aromatic carbocycles. The van der Waals surface area contributed by atoms with Crippen molar-refractivity contribution >= 4 is 15.7 Å². The first-order chi connectivity index (χ1) is 12.3.